The number of halogens is 1. The maximum Gasteiger partial charge on any atom is 1.00 e. The van der Waals surface area contributed by atoms with Crippen molar-refractivity contribution in [1.82, 2.24) is 0 Å². The normalized spacial score (nSPS) is 9.09. The number of carbonyl (C=O) groups is 1. The standard InChI is InChI=1S/C7H6O2.IO3.Na.H2O3S2.H2O3S/c8-7(9)6-4-2-1-3-5-6;2-1(3)4;;1-5(2,3)4;1-4(2)3/h1-5H,(H,8,9);;;(H2,1,2,3,4);(H2,1,2,3)/q;-1;+1;;. The summed E-state index contributed by atoms with van der Waals surface area (Å²) >= 11 is -3.16. The quantitative estimate of drug-likeness (QED) is 0.133. The van der Waals surface area contributed by atoms with E-state index < -0.39 is 47.4 Å². The van der Waals surface area contributed by atoms with Crippen LogP contribution in [0.1, 0.15) is 10.4 Å². The van der Waals surface area contributed by atoms with Gasteiger partial charge in [-0.15, -0.1) is 0 Å². The fourth-order valence-corrected chi connectivity index (χ4v) is 0.581. The molecule has 11 nitrogen and oxygen atoms in total. The molecule has 0 atom stereocenters. The second-order valence-corrected chi connectivity index (χ2v) is 6.28. The van der Waals surface area contributed by atoms with E-state index in [1.807, 2.05) is 0 Å². The van der Waals surface area contributed by atoms with Gasteiger partial charge in [0.1, 0.15) is 0 Å². The number of aromatic carboxylic acids is 1. The number of rotatable bonds is 1. The van der Waals surface area contributed by atoms with E-state index in [2.05, 4.69) is 11.2 Å². The van der Waals surface area contributed by atoms with Crippen molar-refractivity contribution in [2.24, 2.45) is 0 Å². The van der Waals surface area contributed by atoms with E-state index >= 15 is 0 Å². The van der Waals surface area contributed by atoms with Crippen LogP contribution < -0.4 is 60.9 Å². The Morgan fingerprint density at radius 3 is 1.48 bits per heavy atom. The van der Waals surface area contributed by atoms with Gasteiger partial charge in [-0.25, -0.2) is 4.79 Å². The van der Waals surface area contributed by atoms with Crippen LogP contribution in [0.5, 0.6) is 0 Å². The first-order valence-corrected chi connectivity index (χ1v) is 10.4. The average molecular weight is 516 g/mol. The molecule has 1 aromatic carbocycles. The summed E-state index contributed by atoms with van der Waals surface area (Å²) in [7, 11) is -3.83. The van der Waals surface area contributed by atoms with Crippen LogP contribution >= 0.6 is 0 Å². The van der Waals surface area contributed by atoms with E-state index in [0.717, 1.165) is 0 Å². The molecule has 0 aliphatic carbocycles. The van der Waals surface area contributed by atoms with Gasteiger partial charge < -0.3 is 15.4 Å². The van der Waals surface area contributed by atoms with E-state index in [4.69, 9.17) is 42.0 Å². The van der Waals surface area contributed by atoms with Gasteiger partial charge in [0.25, 0.3) is 41.5 Å². The number of benzene rings is 1. The van der Waals surface area contributed by atoms with Crippen molar-refractivity contribution < 1.29 is 97.5 Å². The van der Waals surface area contributed by atoms with Gasteiger partial charge in [-0.05, 0) is 12.1 Å². The first-order valence-electron chi connectivity index (χ1n) is 4.28. The Hall–Kier alpha value is 0.660. The van der Waals surface area contributed by atoms with Crippen LogP contribution in [0.3, 0.4) is 0 Å². The maximum absolute atomic E-state index is 10.2. The van der Waals surface area contributed by atoms with Crippen molar-refractivity contribution in [3.05, 3.63) is 35.9 Å². The predicted octanol–water partition coefficient (Wildman–Crippen LogP) is -8.81. The molecule has 1 rings (SSSR count). The van der Waals surface area contributed by atoms with Gasteiger partial charge >= 0.3 is 35.5 Å². The van der Waals surface area contributed by atoms with E-state index in [1.54, 1.807) is 30.3 Å². The van der Waals surface area contributed by atoms with E-state index in [1.165, 1.54) is 0 Å². The van der Waals surface area contributed by atoms with Gasteiger partial charge in [0.05, 0.1) is 5.56 Å². The smallest absolute Gasteiger partial charge is 0.478 e. The van der Waals surface area contributed by atoms with Crippen LogP contribution in [0.2, 0.25) is 0 Å². The first-order chi connectivity index (χ1) is 9.77. The van der Waals surface area contributed by atoms with Crippen LogP contribution in [0, 0.1) is 0 Å². The minimum atomic E-state index is -4.01. The number of hydrogen-bond acceptors (Lipinski definition) is 7. The molecule has 0 aliphatic rings. The summed E-state index contributed by atoms with van der Waals surface area (Å²) in [6, 6.07) is 8.30. The molecule has 5 N–H and O–H groups in total. The molecule has 0 saturated carbocycles. The van der Waals surface area contributed by atoms with Crippen molar-refractivity contribution in [3.63, 3.8) is 0 Å². The minimum Gasteiger partial charge on any atom is -0.478 e. The van der Waals surface area contributed by atoms with Crippen molar-refractivity contribution in [2.45, 2.75) is 0 Å². The molecular formula is C7H10INaO11S3. The van der Waals surface area contributed by atoms with Crippen molar-refractivity contribution in [2.75, 3.05) is 0 Å². The summed E-state index contributed by atoms with van der Waals surface area (Å²) in [5.41, 5.74) is 0.331. The molecular weight excluding hydrogens is 506 g/mol. The fraction of sp³-hybridized carbons (Fsp3) is 0. The first kappa shape index (κ1) is 31.4. The molecule has 130 valence electrons. The molecule has 16 heteroatoms. The molecule has 1 aromatic rings. The summed E-state index contributed by atoms with van der Waals surface area (Å²) in [4.78, 5) is 10.2. The van der Waals surface area contributed by atoms with Crippen molar-refractivity contribution in [3.8, 4) is 0 Å². The largest absolute Gasteiger partial charge is 1.00 e. The Balaban J connectivity index is -0.000000112. The third kappa shape index (κ3) is 60.3. The van der Waals surface area contributed by atoms with Gasteiger partial charge in [-0.3, -0.25) is 18.2 Å². The van der Waals surface area contributed by atoms with Crippen LogP contribution in [-0.4, -0.2) is 37.7 Å². The fourth-order valence-electron chi connectivity index (χ4n) is 0.581. The number of hydrogen-bond donors (Lipinski definition) is 5. The summed E-state index contributed by atoms with van der Waals surface area (Å²) in [6.45, 7) is 0. The predicted molar refractivity (Wildman–Crippen MR) is 67.6 cm³/mol. The Kier molecular flexibility index (Phi) is 26.0. The van der Waals surface area contributed by atoms with Crippen LogP contribution in [0.15, 0.2) is 30.3 Å². The third-order valence-electron chi connectivity index (χ3n) is 1.02. The minimum absolute atomic E-state index is 0. The molecule has 0 aromatic heterocycles. The zero-order chi connectivity index (χ0) is 18.3. The monoisotopic (exact) mass is 516 g/mol. The van der Waals surface area contributed by atoms with Gasteiger partial charge in [0.15, 0.2) is 0 Å². The van der Waals surface area contributed by atoms with Gasteiger partial charge in [0, 0.05) is 11.2 Å². The molecule has 0 heterocycles. The zero-order valence-corrected chi connectivity index (χ0v) is 17.8. The van der Waals surface area contributed by atoms with Crippen LogP contribution in [-0.2, 0) is 31.6 Å². The summed E-state index contributed by atoms with van der Waals surface area (Å²) in [5.74, 6) is -0.879. The van der Waals surface area contributed by atoms with Gasteiger partial charge in [-0.2, -0.15) is 8.42 Å². The topological polar surface area (TPSA) is 222 Å². The number of carboxylic acid groups (broad SMARTS) is 1. The Morgan fingerprint density at radius 1 is 1.13 bits per heavy atom. The maximum atomic E-state index is 10.2. The second-order valence-electron chi connectivity index (χ2n) is 2.54. The Morgan fingerprint density at radius 2 is 1.35 bits per heavy atom. The third-order valence-corrected chi connectivity index (χ3v) is 1.02. The Bertz CT molecular complexity index is 509. The molecule has 0 spiro atoms. The van der Waals surface area contributed by atoms with E-state index in [-0.39, 0.29) is 29.6 Å². The molecule has 0 fully saturated rings. The second kappa shape index (κ2) is 19.0. The Labute approximate surface area is 169 Å². The molecule has 23 heavy (non-hydrogen) atoms. The van der Waals surface area contributed by atoms with Gasteiger partial charge in [-0.1, -0.05) is 18.2 Å². The molecule has 0 unspecified atom stereocenters. The molecule has 0 bridgehead atoms. The summed E-state index contributed by atoms with van der Waals surface area (Å²) in [5, 5.41) is 8.38. The average Bonchev–Trinajstić information content (AvgIpc) is 2.26. The van der Waals surface area contributed by atoms with E-state index in [0.29, 0.717) is 5.56 Å². The van der Waals surface area contributed by atoms with Crippen LogP contribution in [0.25, 0.3) is 0 Å². The molecule has 0 radical (unpaired) electrons. The van der Waals surface area contributed by atoms with E-state index in [9.17, 15) is 4.79 Å². The molecule has 0 aliphatic heterocycles. The van der Waals surface area contributed by atoms with Crippen molar-refractivity contribution in [1.29, 1.82) is 0 Å². The summed E-state index contributed by atoms with van der Waals surface area (Å²) in [6.07, 6.45) is 0. The van der Waals surface area contributed by atoms with Crippen molar-refractivity contribution >= 4 is 37.6 Å². The van der Waals surface area contributed by atoms with Gasteiger partial charge in [0.2, 0.25) is 0 Å². The number of carboxylic acids is 1. The molecule has 0 saturated heterocycles. The SMILES string of the molecule is O=C(O)c1ccccc1.O=S(O)(O)=S.O=S(O)O.[Na+].[O-][I+2]([O-])[O-]. The van der Waals surface area contributed by atoms with Crippen LogP contribution in [0.4, 0.5) is 0 Å². The summed E-state index contributed by atoms with van der Waals surface area (Å²) < 4.78 is 72.5. The zero-order valence-electron chi connectivity index (χ0n) is 11.2. The molecule has 0 amide bonds.